The molecular formula is C62H103N11O18. The molecule has 6 atom stereocenters. The summed E-state index contributed by atoms with van der Waals surface area (Å²) in [7, 11) is 1.85. The van der Waals surface area contributed by atoms with Crippen molar-refractivity contribution < 1.29 is 87.4 Å². The Hall–Kier alpha value is -7.11. The van der Waals surface area contributed by atoms with Gasteiger partial charge >= 0.3 is 23.9 Å². The lowest BCUT2D eigenvalue weighted by Gasteiger charge is -2.30. The number of rotatable bonds is 53. The Morgan fingerprint density at radius 3 is 1.66 bits per heavy atom. The van der Waals surface area contributed by atoms with Crippen molar-refractivity contribution in [2.45, 2.75) is 222 Å². The third-order valence-corrected chi connectivity index (χ3v) is 16.1. The molecule has 0 aromatic rings. The van der Waals surface area contributed by atoms with E-state index in [-0.39, 0.29) is 102 Å². The second-order valence-electron chi connectivity index (χ2n) is 23.7. The molecule has 8 amide bonds. The smallest absolute Gasteiger partial charge is 0.317 e. The summed E-state index contributed by atoms with van der Waals surface area (Å²) in [5.41, 5.74) is 6.18. The second-order valence-corrected chi connectivity index (χ2v) is 23.7. The molecule has 2 fully saturated rings. The number of primary amides is 1. The number of likely N-dealkylation sites (N-methyl/N-ethyl adjacent to an activating group) is 1. The highest BCUT2D eigenvalue weighted by molar-refractivity contribution is 5.97. The number of likely N-dealkylation sites (tertiary alicyclic amines) is 2. The summed E-state index contributed by atoms with van der Waals surface area (Å²) in [6.45, 7) is 0.722. The molecule has 0 aromatic heterocycles. The number of aliphatic imine (C=N–C) groups is 1. The second kappa shape index (κ2) is 46.0. The van der Waals surface area contributed by atoms with E-state index in [1.54, 1.807) is 12.3 Å². The predicted octanol–water partition coefficient (Wildman–Crippen LogP) is 2.12. The van der Waals surface area contributed by atoms with Crippen molar-refractivity contribution in [3.8, 4) is 0 Å². The van der Waals surface area contributed by atoms with Crippen LogP contribution in [0.4, 0.5) is 0 Å². The van der Waals surface area contributed by atoms with Crippen LogP contribution in [0.15, 0.2) is 16.8 Å². The Labute approximate surface area is 533 Å². The molecule has 3 aliphatic rings. The van der Waals surface area contributed by atoms with Gasteiger partial charge in [0.05, 0.1) is 39.0 Å². The minimum atomic E-state index is -1.61. The molecule has 3 aliphatic heterocycles. The van der Waals surface area contributed by atoms with Gasteiger partial charge in [0.2, 0.25) is 47.3 Å². The molecular weight excluding hydrogens is 1190 g/mol. The predicted molar refractivity (Wildman–Crippen MR) is 334 cm³/mol. The van der Waals surface area contributed by atoms with E-state index in [0.29, 0.717) is 57.3 Å². The van der Waals surface area contributed by atoms with Crippen molar-refractivity contribution in [2.24, 2.45) is 10.7 Å². The van der Waals surface area contributed by atoms with Crippen molar-refractivity contribution in [1.82, 2.24) is 46.6 Å². The van der Waals surface area contributed by atoms with E-state index < -0.39 is 115 Å². The summed E-state index contributed by atoms with van der Waals surface area (Å²) in [6, 6.07) is -6.97. The number of ether oxygens (including phenoxy) is 2. The highest BCUT2D eigenvalue weighted by atomic mass is 16.5. The number of carbonyl (C=O) groups is 12. The van der Waals surface area contributed by atoms with Crippen LogP contribution in [0.5, 0.6) is 0 Å². The van der Waals surface area contributed by atoms with Crippen LogP contribution in [0, 0.1) is 0 Å². The summed E-state index contributed by atoms with van der Waals surface area (Å²) >= 11 is 0. The first kappa shape index (κ1) is 78.1. The number of amides is 8. The van der Waals surface area contributed by atoms with Gasteiger partial charge in [0, 0.05) is 63.7 Å². The molecule has 514 valence electrons. The fraction of sp³-hybridized carbons (Fsp3) is 0.758. The number of aliphatic carboxylic acids is 4. The first-order valence-electron chi connectivity index (χ1n) is 32.7. The molecule has 12 N–H and O–H groups in total. The molecule has 0 bridgehead atoms. The highest BCUT2D eigenvalue weighted by Crippen LogP contribution is 2.25. The zero-order valence-electron chi connectivity index (χ0n) is 53.3. The zero-order chi connectivity index (χ0) is 66.8. The summed E-state index contributed by atoms with van der Waals surface area (Å²) in [5.74, 6) is -9.53. The van der Waals surface area contributed by atoms with Crippen molar-refractivity contribution in [2.75, 3.05) is 79.3 Å². The summed E-state index contributed by atoms with van der Waals surface area (Å²) in [4.78, 5) is 162. The largest absolute Gasteiger partial charge is 0.481 e. The lowest BCUT2D eigenvalue weighted by Crippen LogP contribution is -2.59. The Morgan fingerprint density at radius 1 is 0.560 bits per heavy atom. The molecule has 29 nitrogen and oxygen atoms in total. The average molecular weight is 1290 g/mol. The number of nitrogens with two attached hydrogens (primary N) is 1. The minimum absolute atomic E-state index is 0.00448. The van der Waals surface area contributed by atoms with E-state index in [4.69, 9.17) is 20.3 Å². The number of carboxylic acid groups (broad SMARTS) is 4. The maximum Gasteiger partial charge on any atom is 0.317 e. The number of nitrogens with one attached hydrogen (secondary N) is 6. The normalized spacial score (nSPS) is 16.7. The number of hydrogen-bond donors (Lipinski definition) is 11. The SMILES string of the molecule is CN1CCC[C@H]1C(=O)N1CCC[C@H]1C(=O)N[C@@H](CC1=CCC=N1)C(=O)N[C@@H](CCC(=O)O)C(=O)N[C@@H](CCCCN(CC(=O)O)CC(=O)O)C(=O)N[C@@H](CCCCNC(=O)COCCOCCNC(=O)CCCCCCCCCCCCCCCC(=O)O)C(N)=O. The summed E-state index contributed by atoms with van der Waals surface area (Å²) < 4.78 is 10.9. The minimum Gasteiger partial charge on any atom is -0.481 e. The van der Waals surface area contributed by atoms with Crippen molar-refractivity contribution in [3.05, 3.63) is 11.8 Å². The molecule has 0 spiro atoms. The van der Waals surface area contributed by atoms with Crippen LogP contribution in [-0.2, 0) is 67.0 Å². The van der Waals surface area contributed by atoms with E-state index in [9.17, 15) is 72.9 Å². The highest BCUT2D eigenvalue weighted by Gasteiger charge is 2.41. The van der Waals surface area contributed by atoms with Gasteiger partial charge in [-0.15, -0.1) is 0 Å². The number of hydrogen-bond acceptors (Lipinski definition) is 17. The average Bonchev–Trinajstić information content (AvgIpc) is 1.88. The molecule has 29 heteroatoms. The van der Waals surface area contributed by atoms with E-state index in [1.165, 1.54) is 37.0 Å². The third-order valence-electron chi connectivity index (χ3n) is 16.1. The number of allylic oxidation sites excluding steroid dienone is 1. The van der Waals surface area contributed by atoms with E-state index in [2.05, 4.69) is 36.9 Å². The zero-order valence-corrected chi connectivity index (χ0v) is 53.3. The molecule has 3 rings (SSSR count). The van der Waals surface area contributed by atoms with Crippen LogP contribution < -0.4 is 37.6 Å². The molecule has 2 saturated heterocycles. The van der Waals surface area contributed by atoms with Crippen LogP contribution in [0.3, 0.4) is 0 Å². The van der Waals surface area contributed by atoms with Gasteiger partial charge in [-0.2, -0.15) is 0 Å². The van der Waals surface area contributed by atoms with Gasteiger partial charge in [0.25, 0.3) is 0 Å². The monoisotopic (exact) mass is 1290 g/mol. The van der Waals surface area contributed by atoms with Gasteiger partial charge in [-0.05, 0) is 104 Å². The lowest BCUT2D eigenvalue weighted by atomic mass is 10.0. The topological polar surface area (TPSA) is 424 Å². The number of carbonyl (C=O) groups excluding carboxylic acids is 8. The Bertz CT molecular complexity index is 2380. The Morgan fingerprint density at radius 2 is 1.09 bits per heavy atom. The number of carboxylic acids is 4. The molecule has 0 aromatic carbocycles. The van der Waals surface area contributed by atoms with Gasteiger partial charge in [-0.25, -0.2) is 0 Å². The molecule has 0 unspecified atom stereocenters. The van der Waals surface area contributed by atoms with Gasteiger partial charge in [-0.1, -0.05) is 76.7 Å². The van der Waals surface area contributed by atoms with Crippen LogP contribution in [-0.4, -0.2) is 228 Å². The van der Waals surface area contributed by atoms with Crippen molar-refractivity contribution in [1.29, 1.82) is 0 Å². The van der Waals surface area contributed by atoms with Crippen LogP contribution in [0.1, 0.15) is 186 Å². The van der Waals surface area contributed by atoms with Crippen molar-refractivity contribution in [3.63, 3.8) is 0 Å². The summed E-state index contributed by atoms with van der Waals surface area (Å²) in [6.07, 6.45) is 20.5. The van der Waals surface area contributed by atoms with Gasteiger partial charge < -0.3 is 72.4 Å². The molecule has 0 radical (unpaired) electrons. The molecule has 91 heavy (non-hydrogen) atoms. The maximum absolute atomic E-state index is 14.3. The number of nitrogens with zero attached hydrogens (tertiary/aromatic N) is 4. The van der Waals surface area contributed by atoms with Crippen LogP contribution >= 0.6 is 0 Å². The quantitative estimate of drug-likeness (QED) is 0.0389. The van der Waals surface area contributed by atoms with Crippen LogP contribution in [0.25, 0.3) is 0 Å². The lowest BCUT2D eigenvalue weighted by molar-refractivity contribution is -0.142. The van der Waals surface area contributed by atoms with Gasteiger partial charge in [0.1, 0.15) is 36.8 Å². The first-order valence-corrected chi connectivity index (χ1v) is 32.7. The summed E-state index contributed by atoms with van der Waals surface area (Å²) in [5, 5.41) is 53.0. The van der Waals surface area contributed by atoms with Gasteiger partial charge in [0.15, 0.2) is 0 Å². The van der Waals surface area contributed by atoms with Crippen molar-refractivity contribution >= 4 is 77.3 Å². The molecule has 0 aliphatic carbocycles. The van der Waals surface area contributed by atoms with Gasteiger partial charge in [-0.3, -0.25) is 72.3 Å². The van der Waals surface area contributed by atoms with E-state index in [1.807, 2.05) is 11.9 Å². The maximum atomic E-state index is 14.3. The third kappa shape index (κ3) is 34.8. The standard InChI is InChI=1S/C62H103N11O18/c1-71-34-20-26-50(71)62(89)73-36-21-25-49(73)61(88)70-48(40-44-22-19-32-64-44)60(87)69-47(29-30-54(78)79)59(86)68-46(24-16-18-35-72(41-55(80)81)42-56(82)83)58(85)67-45(57(63)84)23-15-17-31-65-52(75)43-91-39-38-90-37-33-66-51(74)27-13-11-9-7-5-3-2-4-6-8-10-12-14-28-53(76)77/h22,32,45-50H,2-21,23-31,33-43H2,1H3,(H2,63,84)(H,65,75)(H,66,74)(H,67,85)(H,68,86)(H,69,87)(H,70,88)(H,76,77)(H,78,79)(H,80,81)(H,82,83)/t45-,46-,47-,48-,49-,50-/m0/s1. The Kier molecular flexibility index (Phi) is 39.5. The van der Waals surface area contributed by atoms with E-state index >= 15 is 0 Å². The Balaban J connectivity index is 1.48. The first-order chi connectivity index (χ1) is 43.6. The molecule has 3 heterocycles. The van der Waals surface area contributed by atoms with Crippen LogP contribution in [0.2, 0.25) is 0 Å². The van der Waals surface area contributed by atoms with E-state index in [0.717, 1.165) is 69.2 Å². The molecule has 0 saturated carbocycles. The fourth-order valence-corrected chi connectivity index (χ4v) is 11.1. The fourth-order valence-electron chi connectivity index (χ4n) is 11.1. The number of unbranched alkanes of at least 4 members (excludes halogenated alkanes) is 14.